The van der Waals surface area contributed by atoms with Crippen molar-refractivity contribution in [1.82, 2.24) is 5.32 Å². The molecule has 0 saturated heterocycles. The van der Waals surface area contributed by atoms with Gasteiger partial charge in [-0.15, -0.1) is 0 Å². The second kappa shape index (κ2) is 7.60. The van der Waals surface area contributed by atoms with Gasteiger partial charge in [-0.05, 0) is 36.3 Å². The molecule has 1 aromatic carbocycles. The van der Waals surface area contributed by atoms with Crippen molar-refractivity contribution in [2.24, 2.45) is 5.92 Å². The minimum atomic E-state index is -0.780. The van der Waals surface area contributed by atoms with Crippen LogP contribution in [0.5, 0.6) is 0 Å². The van der Waals surface area contributed by atoms with E-state index in [-0.39, 0.29) is 0 Å². The summed E-state index contributed by atoms with van der Waals surface area (Å²) >= 11 is 0. The van der Waals surface area contributed by atoms with Gasteiger partial charge in [0.2, 0.25) is 0 Å². The monoisotopic (exact) mass is 289 g/mol. The Kier molecular flexibility index (Phi) is 5.80. The van der Waals surface area contributed by atoms with E-state index in [4.69, 9.17) is 0 Å². The van der Waals surface area contributed by atoms with Crippen LogP contribution in [0.4, 0.5) is 0 Å². The first-order valence-electron chi connectivity index (χ1n) is 8.14. The fourth-order valence-electron chi connectivity index (χ4n) is 3.13. The zero-order valence-corrected chi connectivity index (χ0v) is 13.1. The highest BCUT2D eigenvalue weighted by Gasteiger charge is 2.24. The van der Waals surface area contributed by atoms with E-state index in [1.807, 2.05) is 12.1 Å². The van der Waals surface area contributed by atoms with Crippen molar-refractivity contribution in [1.29, 1.82) is 0 Å². The average Bonchev–Trinajstić information content (AvgIpc) is 2.46. The predicted molar refractivity (Wildman–Crippen MR) is 85.4 cm³/mol. The number of hydrogen-bond acceptors (Lipinski definition) is 2. The zero-order chi connectivity index (χ0) is 15.2. The quantitative estimate of drug-likeness (QED) is 0.834. The van der Waals surface area contributed by atoms with E-state index in [0.29, 0.717) is 12.0 Å². The van der Waals surface area contributed by atoms with Gasteiger partial charge < -0.3 is 5.11 Å². The van der Waals surface area contributed by atoms with E-state index in [9.17, 15) is 9.90 Å². The number of carboxylic acids is 1. The van der Waals surface area contributed by atoms with E-state index in [1.165, 1.54) is 24.8 Å². The Bertz CT molecular complexity index is 447. The van der Waals surface area contributed by atoms with Gasteiger partial charge in [0, 0.05) is 6.04 Å². The van der Waals surface area contributed by atoms with Gasteiger partial charge in [-0.1, -0.05) is 57.4 Å². The van der Waals surface area contributed by atoms with Crippen molar-refractivity contribution in [2.45, 2.75) is 64.5 Å². The van der Waals surface area contributed by atoms with Gasteiger partial charge in [-0.2, -0.15) is 0 Å². The fraction of sp³-hybridized carbons (Fsp3) is 0.611. The molecule has 1 fully saturated rings. The van der Waals surface area contributed by atoms with Crippen molar-refractivity contribution < 1.29 is 9.90 Å². The normalized spacial score (nSPS) is 17.9. The fourth-order valence-corrected chi connectivity index (χ4v) is 3.13. The third-order valence-electron chi connectivity index (χ3n) is 4.21. The number of hydrogen-bond donors (Lipinski definition) is 2. The summed E-state index contributed by atoms with van der Waals surface area (Å²) in [6.45, 7) is 4.39. The first kappa shape index (κ1) is 16.0. The van der Waals surface area contributed by atoms with Crippen LogP contribution in [-0.2, 0) is 11.2 Å². The second-order valence-corrected chi connectivity index (χ2v) is 6.61. The Balaban J connectivity index is 2.04. The van der Waals surface area contributed by atoms with Crippen LogP contribution >= 0.6 is 0 Å². The molecule has 1 unspecified atom stereocenters. The van der Waals surface area contributed by atoms with E-state index >= 15 is 0 Å². The third-order valence-corrected chi connectivity index (χ3v) is 4.21. The Morgan fingerprint density at radius 1 is 1.19 bits per heavy atom. The van der Waals surface area contributed by atoms with E-state index < -0.39 is 12.0 Å². The topological polar surface area (TPSA) is 49.3 Å². The molecule has 0 aromatic heterocycles. The maximum absolute atomic E-state index is 11.6. The Morgan fingerprint density at radius 2 is 1.81 bits per heavy atom. The molecule has 1 atom stereocenters. The van der Waals surface area contributed by atoms with Crippen LogP contribution in [0.3, 0.4) is 0 Å². The lowest BCUT2D eigenvalue weighted by Crippen LogP contribution is -2.38. The number of carbonyl (C=O) groups is 1. The van der Waals surface area contributed by atoms with Gasteiger partial charge >= 0.3 is 5.97 Å². The van der Waals surface area contributed by atoms with Gasteiger partial charge in [0.1, 0.15) is 6.04 Å². The first-order chi connectivity index (χ1) is 10.1. The molecule has 1 aliphatic rings. The van der Waals surface area contributed by atoms with Crippen molar-refractivity contribution in [3.8, 4) is 0 Å². The number of aliphatic carboxylic acids is 1. The SMILES string of the molecule is CC(C)Cc1ccc(C(NC2CCCCC2)C(=O)O)cc1. The lowest BCUT2D eigenvalue weighted by atomic mass is 9.93. The predicted octanol–water partition coefficient (Wildman–Crippen LogP) is 3.93. The Labute approximate surface area is 127 Å². The van der Waals surface area contributed by atoms with Crippen molar-refractivity contribution in [3.63, 3.8) is 0 Å². The van der Waals surface area contributed by atoms with Crippen LogP contribution in [0.1, 0.15) is 63.1 Å². The summed E-state index contributed by atoms with van der Waals surface area (Å²) in [5.74, 6) is -0.163. The summed E-state index contributed by atoms with van der Waals surface area (Å²) in [5, 5.41) is 12.8. The maximum atomic E-state index is 11.6. The van der Waals surface area contributed by atoms with Gasteiger partial charge in [0.25, 0.3) is 0 Å². The molecule has 3 nitrogen and oxygen atoms in total. The van der Waals surface area contributed by atoms with Crippen molar-refractivity contribution in [3.05, 3.63) is 35.4 Å². The molecule has 2 N–H and O–H groups in total. The summed E-state index contributed by atoms with van der Waals surface area (Å²) in [4.78, 5) is 11.6. The van der Waals surface area contributed by atoms with Crippen LogP contribution in [0.15, 0.2) is 24.3 Å². The highest BCUT2D eigenvalue weighted by atomic mass is 16.4. The smallest absolute Gasteiger partial charge is 0.325 e. The molecule has 116 valence electrons. The molecule has 2 rings (SSSR count). The van der Waals surface area contributed by atoms with Crippen LogP contribution in [0, 0.1) is 5.92 Å². The molecule has 0 spiro atoms. The van der Waals surface area contributed by atoms with Gasteiger partial charge in [0.15, 0.2) is 0 Å². The first-order valence-corrected chi connectivity index (χ1v) is 8.14. The number of benzene rings is 1. The molecule has 1 aromatic rings. The minimum Gasteiger partial charge on any atom is -0.480 e. The minimum absolute atomic E-state index is 0.343. The van der Waals surface area contributed by atoms with E-state index in [1.54, 1.807) is 0 Å². The van der Waals surface area contributed by atoms with Gasteiger partial charge in [0.05, 0.1) is 0 Å². The number of rotatable bonds is 6. The molecular weight excluding hydrogens is 262 g/mol. The summed E-state index contributed by atoms with van der Waals surface area (Å²) in [7, 11) is 0. The standard InChI is InChI=1S/C18H27NO2/c1-13(2)12-14-8-10-15(11-9-14)17(18(20)21)19-16-6-4-3-5-7-16/h8-11,13,16-17,19H,3-7,12H2,1-2H3,(H,20,21). The Hall–Kier alpha value is -1.35. The number of nitrogens with one attached hydrogen (secondary N) is 1. The molecule has 21 heavy (non-hydrogen) atoms. The van der Waals surface area contributed by atoms with Crippen LogP contribution < -0.4 is 5.32 Å². The lowest BCUT2D eigenvalue weighted by Gasteiger charge is -2.26. The molecule has 0 bridgehead atoms. The van der Waals surface area contributed by atoms with Crippen LogP contribution in [0.2, 0.25) is 0 Å². The van der Waals surface area contributed by atoms with Gasteiger partial charge in [-0.3, -0.25) is 10.1 Å². The molecule has 1 aliphatic carbocycles. The number of carboxylic acid groups (broad SMARTS) is 1. The molecular formula is C18H27NO2. The van der Waals surface area contributed by atoms with Gasteiger partial charge in [-0.25, -0.2) is 0 Å². The summed E-state index contributed by atoms with van der Waals surface area (Å²) in [6.07, 6.45) is 6.91. The molecule has 0 radical (unpaired) electrons. The summed E-state index contributed by atoms with van der Waals surface area (Å²) < 4.78 is 0. The molecule has 0 heterocycles. The molecule has 3 heteroatoms. The highest BCUT2D eigenvalue weighted by Crippen LogP contribution is 2.22. The molecule has 0 amide bonds. The molecule has 0 aliphatic heterocycles. The van der Waals surface area contributed by atoms with E-state index in [0.717, 1.165) is 24.8 Å². The average molecular weight is 289 g/mol. The molecule has 1 saturated carbocycles. The lowest BCUT2D eigenvalue weighted by molar-refractivity contribution is -0.140. The Morgan fingerprint density at radius 3 is 2.33 bits per heavy atom. The van der Waals surface area contributed by atoms with E-state index in [2.05, 4.69) is 31.3 Å². The zero-order valence-electron chi connectivity index (χ0n) is 13.1. The third kappa shape index (κ3) is 4.85. The largest absolute Gasteiger partial charge is 0.480 e. The van der Waals surface area contributed by atoms with Crippen molar-refractivity contribution in [2.75, 3.05) is 0 Å². The van der Waals surface area contributed by atoms with Crippen molar-refractivity contribution >= 4 is 5.97 Å². The maximum Gasteiger partial charge on any atom is 0.325 e. The van der Waals surface area contributed by atoms with Crippen LogP contribution in [0.25, 0.3) is 0 Å². The van der Waals surface area contributed by atoms with Crippen LogP contribution in [-0.4, -0.2) is 17.1 Å². The second-order valence-electron chi connectivity index (χ2n) is 6.61. The summed E-state index contributed by atoms with van der Waals surface area (Å²) in [5.41, 5.74) is 2.14. The highest BCUT2D eigenvalue weighted by molar-refractivity contribution is 5.75. The summed E-state index contributed by atoms with van der Waals surface area (Å²) in [6, 6.07) is 7.82.